The SMILES string of the molecule is COc1cccc(CN(C)C(=O)c2ccc(OCc3noc(C)n3)cc2)c1OC. The normalized spacial score (nSPS) is 10.5. The van der Waals surface area contributed by atoms with E-state index in [2.05, 4.69) is 10.1 Å². The van der Waals surface area contributed by atoms with Gasteiger partial charge in [-0.2, -0.15) is 4.98 Å². The summed E-state index contributed by atoms with van der Waals surface area (Å²) in [6.45, 7) is 2.29. The van der Waals surface area contributed by atoms with Gasteiger partial charge in [-0.3, -0.25) is 4.79 Å². The van der Waals surface area contributed by atoms with Gasteiger partial charge in [-0.05, 0) is 30.3 Å². The van der Waals surface area contributed by atoms with Crippen LogP contribution in [0.15, 0.2) is 47.0 Å². The molecule has 2 aromatic carbocycles. The van der Waals surface area contributed by atoms with Crippen molar-refractivity contribution in [3.05, 3.63) is 65.3 Å². The highest BCUT2D eigenvalue weighted by Gasteiger charge is 2.16. The second-order valence-corrected chi connectivity index (χ2v) is 6.36. The summed E-state index contributed by atoms with van der Waals surface area (Å²) in [5.41, 5.74) is 1.41. The number of nitrogens with zero attached hydrogens (tertiary/aromatic N) is 3. The predicted octanol–water partition coefficient (Wildman–Crippen LogP) is 3.25. The number of carbonyl (C=O) groups is 1. The maximum absolute atomic E-state index is 12.8. The standard InChI is InChI=1S/C21H23N3O5/c1-14-22-19(23-29-14)13-28-17-10-8-15(9-11-17)21(25)24(2)12-16-6-5-7-18(26-3)20(16)27-4/h5-11H,12-13H2,1-4H3. The number of benzene rings is 2. The van der Waals surface area contributed by atoms with E-state index in [4.69, 9.17) is 18.7 Å². The lowest BCUT2D eigenvalue weighted by Crippen LogP contribution is -2.26. The number of rotatable bonds is 8. The molecular weight excluding hydrogens is 374 g/mol. The Bertz CT molecular complexity index is 969. The molecule has 0 N–H and O–H groups in total. The number of ether oxygens (including phenoxy) is 3. The zero-order chi connectivity index (χ0) is 20.8. The van der Waals surface area contributed by atoms with Crippen LogP contribution in [0.1, 0.15) is 27.6 Å². The van der Waals surface area contributed by atoms with Gasteiger partial charge in [0.1, 0.15) is 5.75 Å². The van der Waals surface area contributed by atoms with E-state index in [1.807, 2.05) is 18.2 Å². The minimum Gasteiger partial charge on any atom is -0.493 e. The first-order valence-electron chi connectivity index (χ1n) is 8.99. The van der Waals surface area contributed by atoms with Crippen molar-refractivity contribution in [3.63, 3.8) is 0 Å². The topological polar surface area (TPSA) is 86.9 Å². The van der Waals surface area contributed by atoms with Crippen LogP contribution in [0.3, 0.4) is 0 Å². The van der Waals surface area contributed by atoms with Crippen molar-refractivity contribution >= 4 is 5.91 Å². The van der Waals surface area contributed by atoms with Gasteiger partial charge in [-0.1, -0.05) is 17.3 Å². The number of para-hydroxylation sites is 1. The number of carbonyl (C=O) groups excluding carboxylic acids is 1. The lowest BCUT2D eigenvalue weighted by molar-refractivity contribution is 0.0784. The fourth-order valence-electron chi connectivity index (χ4n) is 2.87. The number of hydrogen-bond donors (Lipinski definition) is 0. The highest BCUT2D eigenvalue weighted by molar-refractivity contribution is 5.94. The van der Waals surface area contributed by atoms with Crippen molar-refractivity contribution in [2.24, 2.45) is 0 Å². The van der Waals surface area contributed by atoms with Crippen LogP contribution >= 0.6 is 0 Å². The van der Waals surface area contributed by atoms with Crippen molar-refractivity contribution in [2.45, 2.75) is 20.1 Å². The molecule has 152 valence electrons. The molecule has 8 nitrogen and oxygen atoms in total. The molecule has 0 bridgehead atoms. The first-order chi connectivity index (χ1) is 14.0. The molecule has 0 aliphatic rings. The van der Waals surface area contributed by atoms with Gasteiger partial charge in [0.2, 0.25) is 11.7 Å². The molecule has 0 saturated carbocycles. The summed E-state index contributed by atoms with van der Waals surface area (Å²) in [7, 11) is 4.90. The number of aromatic nitrogens is 2. The van der Waals surface area contributed by atoms with Crippen LogP contribution in [0.5, 0.6) is 17.2 Å². The van der Waals surface area contributed by atoms with Gasteiger partial charge in [0.25, 0.3) is 5.91 Å². The molecule has 1 amide bonds. The minimum atomic E-state index is -0.116. The van der Waals surface area contributed by atoms with E-state index in [9.17, 15) is 4.79 Å². The third-order valence-corrected chi connectivity index (χ3v) is 4.28. The molecular formula is C21H23N3O5. The van der Waals surface area contributed by atoms with Crippen molar-refractivity contribution in [1.29, 1.82) is 0 Å². The van der Waals surface area contributed by atoms with Gasteiger partial charge < -0.3 is 23.6 Å². The quantitative estimate of drug-likeness (QED) is 0.577. The smallest absolute Gasteiger partial charge is 0.253 e. The minimum absolute atomic E-state index is 0.116. The summed E-state index contributed by atoms with van der Waals surface area (Å²) < 4.78 is 21.3. The van der Waals surface area contributed by atoms with Crippen molar-refractivity contribution in [3.8, 4) is 17.2 Å². The Morgan fingerprint density at radius 3 is 2.48 bits per heavy atom. The van der Waals surface area contributed by atoms with Gasteiger partial charge in [0.05, 0.1) is 14.2 Å². The summed E-state index contributed by atoms with van der Waals surface area (Å²) in [6.07, 6.45) is 0. The lowest BCUT2D eigenvalue weighted by Gasteiger charge is -2.20. The third kappa shape index (κ3) is 4.84. The fourth-order valence-corrected chi connectivity index (χ4v) is 2.87. The number of aryl methyl sites for hydroxylation is 1. The molecule has 3 aromatic rings. The molecule has 1 heterocycles. The summed E-state index contributed by atoms with van der Waals surface area (Å²) in [4.78, 5) is 18.5. The average molecular weight is 397 g/mol. The Morgan fingerprint density at radius 2 is 1.86 bits per heavy atom. The monoisotopic (exact) mass is 397 g/mol. The molecule has 8 heteroatoms. The van der Waals surface area contributed by atoms with Crippen LogP contribution in [0.4, 0.5) is 0 Å². The van der Waals surface area contributed by atoms with Gasteiger partial charge in [-0.15, -0.1) is 0 Å². The highest BCUT2D eigenvalue weighted by atomic mass is 16.5. The molecule has 0 aliphatic carbocycles. The second-order valence-electron chi connectivity index (χ2n) is 6.36. The molecule has 0 spiro atoms. The average Bonchev–Trinajstić information content (AvgIpc) is 3.17. The van der Waals surface area contributed by atoms with Crippen LogP contribution in [-0.4, -0.2) is 42.2 Å². The summed E-state index contributed by atoms with van der Waals surface area (Å²) in [5.74, 6) is 2.70. The fraction of sp³-hybridized carbons (Fsp3) is 0.286. The first kappa shape index (κ1) is 20.2. The number of methoxy groups -OCH3 is 2. The molecule has 0 aliphatic heterocycles. The molecule has 0 fully saturated rings. The maximum atomic E-state index is 12.8. The van der Waals surface area contributed by atoms with Crippen molar-refractivity contribution < 1.29 is 23.5 Å². The Hall–Kier alpha value is -3.55. The van der Waals surface area contributed by atoms with Crippen LogP contribution in [0.2, 0.25) is 0 Å². The zero-order valence-corrected chi connectivity index (χ0v) is 16.8. The van der Waals surface area contributed by atoms with Gasteiger partial charge >= 0.3 is 0 Å². The van der Waals surface area contributed by atoms with Gasteiger partial charge in [0.15, 0.2) is 18.1 Å². The number of hydrogen-bond acceptors (Lipinski definition) is 7. The summed E-state index contributed by atoms with van der Waals surface area (Å²) in [5, 5.41) is 3.78. The van der Waals surface area contributed by atoms with Crippen LogP contribution < -0.4 is 14.2 Å². The zero-order valence-electron chi connectivity index (χ0n) is 16.8. The molecule has 0 atom stereocenters. The van der Waals surface area contributed by atoms with E-state index >= 15 is 0 Å². The lowest BCUT2D eigenvalue weighted by atomic mass is 10.1. The van der Waals surface area contributed by atoms with Gasteiger partial charge in [0, 0.05) is 31.6 Å². The van der Waals surface area contributed by atoms with E-state index in [0.29, 0.717) is 41.1 Å². The molecule has 3 rings (SSSR count). The predicted molar refractivity (Wildman–Crippen MR) is 105 cm³/mol. The second kappa shape index (κ2) is 9.09. The molecule has 0 radical (unpaired) electrons. The van der Waals surface area contributed by atoms with Crippen molar-refractivity contribution in [2.75, 3.05) is 21.3 Å². The van der Waals surface area contributed by atoms with Crippen LogP contribution in [0.25, 0.3) is 0 Å². The molecule has 29 heavy (non-hydrogen) atoms. The molecule has 0 saturated heterocycles. The van der Waals surface area contributed by atoms with E-state index in [1.54, 1.807) is 57.4 Å². The van der Waals surface area contributed by atoms with Crippen LogP contribution in [0, 0.1) is 6.92 Å². The van der Waals surface area contributed by atoms with E-state index < -0.39 is 0 Å². The van der Waals surface area contributed by atoms with Gasteiger partial charge in [-0.25, -0.2) is 0 Å². The third-order valence-electron chi connectivity index (χ3n) is 4.28. The molecule has 0 unspecified atom stereocenters. The van der Waals surface area contributed by atoms with E-state index in [0.717, 1.165) is 5.56 Å². The first-order valence-corrected chi connectivity index (χ1v) is 8.99. The largest absolute Gasteiger partial charge is 0.493 e. The number of amides is 1. The van der Waals surface area contributed by atoms with E-state index in [-0.39, 0.29) is 12.5 Å². The van der Waals surface area contributed by atoms with E-state index in [1.165, 1.54) is 0 Å². The Kier molecular flexibility index (Phi) is 6.33. The Morgan fingerprint density at radius 1 is 1.10 bits per heavy atom. The Balaban J connectivity index is 1.64. The summed E-state index contributed by atoms with van der Waals surface area (Å²) in [6, 6.07) is 12.5. The van der Waals surface area contributed by atoms with Crippen molar-refractivity contribution in [1.82, 2.24) is 15.0 Å². The van der Waals surface area contributed by atoms with Crippen LogP contribution in [-0.2, 0) is 13.2 Å². The summed E-state index contributed by atoms with van der Waals surface area (Å²) >= 11 is 0. The maximum Gasteiger partial charge on any atom is 0.253 e. The highest BCUT2D eigenvalue weighted by Crippen LogP contribution is 2.31. The Labute approximate surface area is 169 Å². The molecule has 1 aromatic heterocycles.